The molecule has 0 bridgehead atoms. The lowest BCUT2D eigenvalue weighted by Gasteiger charge is -2.26. The lowest BCUT2D eigenvalue weighted by atomic mass is 9.88. The Balaban J connectivity index is 1.50. The van der Waals surface area contributed by atoms with Crippen LogP contribution >= 0.6 is 11.3 Å². The Morgan fingerprint density at radius 3 is 1.77 bits per heavy atom. The second-order valence-corrected chi connectivity index (χ2v) is 10.8. The molecule has 40 heavy (non-hydrogen) atoms. The van der Waals surface area contributed by atoms with Crippen LogP contribution in [0.25, 0.3) is 53.6 Å². The van der Waals surface area contributed by atoms with E-state index >= 15 is 0 Å². The van der Waals surface area contributed by atoms with E-state index in [1.54, 1.807) is 0 Å². The molecule has 0 radical (unpaired) electrons. The molecule has 0 aliphatic rings. The summed E-state index contributed by atoms with van der Waals surface area (Å²) < 4.78 is 2.59. The van der Waals surface area contributed by atoms with Crippen molar-refractivity contribution in [3.05, 3.63) is 114 Å². The van der Waals surface area contributed by atoms with Gasteiger partial charge in [0.25, 0.3) is 0 Å². The third-order valence-electron chi connectivity index (χ3n) is 7.59. The van der Waals surface area contributed by atoms with Crippen LogP contribution in [-0.4, -0.2) is 13.1 Å². The molecule has 5 aromatic carbocycles. The number of nitrogens with zero attached hydrogens (tertiary/aromatic N) is 3. The molecule has 1 aromatic heterocycles. The normalized spacial score (nSPS) is 10.9. The van der Waals surface area contributed by atoms with E-state index in [4.69, 9.17) is 0 Å². The van der Waals surface area contributed by atoms with E-state index in [1.165, 1.54) is 20.2 Å². The van der Waals surface area contributed by atoms with E-state index < -0.39 is 0 Å². The highest BCUT2D eigenvalue weighted by molar-refractivity contribution is 7.25. The van der Waals surface area contributed by atoms with Crippen LogP contribution in [-0.2, 0) is 0 Å². The van der Waals surface area contributed by atoms with Crippen LogP contribution in [0.15, 0.2) is 103 Å². The molecule has 192 valence electrons. The summed E-state index contributed by atoms with van der Waals surface area (Å²) in [4.78, 5) is 2.11. The highest BCUT2D eigenvalue weighted by Gasteiger charge is 2.23. The van der Waals surface area contributed by atoms with Crippen molar-refractivity contribution in [2.45, 2.75) is 13.8 Å². The second-order valence-electron chi connectivity index (χ2n) is 9.72. The molecule has 0 saturated carbocycles. The zero-order chi connectivity index (χ0) is 27.6. The summed E-state index contributed by atoms with van der Waals surface area (Å²) in [5, 5.41) is 23.2. The van der Waals surface area contributed by atoms with Crippen molar-refractivity contribution in [2.75, 3.05) is 18.0 Å². The van der Waals surface area contributed by atoms with Gasteiger partial charge < -0.3 is 4.90 Å². The first kappa shape index (κ1) is 25.4. The molecule has 0 spiro atoms. The molecular formula is C36H27N3S. The van der Waals surface area contributed by atoms with Crippen molar-refractivity contribution < 1.29 is 0 Å². The van der Waals surface area contributed by atoms with Gasteiger partial charge >= 0.3 is 0 Å². The number of hydrogen-bond donors (Lipinski definition) is 0. The largest absolute Gasteiger partial charge is 0.370 e. The first-order chi connectivity index (χ1) is 19.7. The number of fused-ring (bicyclic) bond motifs is 3. The van der Waals surface area contributed by atoms with Crippen molar-refractivity contribution in [3.8, 4) is 45.5 Å². The van der Waals surface area contributed by atoms with Crippen LogP contribution in [0.5, 0.6) is 0 Å². The van der Waals surface area contributed by atoms with E-state index in [1.807, 2.05) is 47.7 Å². The zero-order valence-electron chi connectivity index (χ0n) is 22.5. The van der Waals surface area contributed by atoms with Crippen LogP contribution in [0, 0.1) is 22.7 Å². The topological polar surface area (TPSA) is 50.8 Å². The maximum absolute atomic E-state index is 10.4. The maximum Gasteiger partial charge on any atom is 0.102 e. The molecule has 0 amide bonds. The van der Waals surface area contributed by atoms with E-state index in [9.17, 15) is 10.5 Å². The van der Waals surface area contributed by atoms with Gasteiger partial charge in [-0.2, -0.15) is 10.5 Å². The molecule has 0 atom stereocenters. The summed E-state index contributed by atoms with van der Waals surface area (Å²) >= 11 is 1.82. The Hall–Kier alpha value is -4.90. The average Bonchev–Trinajstić information content (AvgIpc) is 3.39. The molecule has 3 nitrogen and oxygen atoms in total. The minimum absolute atomic E-state index is 0.541. The Morgan fingerprint density at radius 2 is 1.12 bits per heavy atom. The molecular weight excluding hydrogens is 506 g/mol. The third-order valence-corrected chi connectivity index (χ3v) is 8.75. The van der Waals surface area contributed by atoms with E-state index in [0.717, 1.165) is 33.4 Å². The molecule has 0 saturated heterocycles. The summed E-state index contributed by atoms with van der Waals surface area (Å²) in [6.07, 6.45) is 0. The SMILES string of the molecule is CCN(CC)c1c(C#N)c(-c2ccccc2)cc(-c2ccc(-c3ccc4sc5ccccc5c4c3)cc2)c1C#N. The zero-order valence-corrected chi connectivity index (χ0v) is 23.3. The Labute approximate surface area is 238 Å². The van der Waals surface area contributed by atoms with Crippen LogP contribution in [0.4, 0.5) is 5.69 Å². The predicted octanol–water partition coefficient (Wildman–Crippen LogP) is 9.65. The van der Waals surface area contributed by atoms with Gasteiger partial charge in [0, 0.05) is 44.4 Å². The monoisotopic (exact) mass is 533 g/mol. The minimum Gasteiger partial charge on any atom is -0.370 e. The van der Waals surface area contributed by atoms with Crippen molar-refractivity contribution >= 4 is 37.2 Å². The van der Waals surface area contributed by atoms with Gasteiger partial charge in [-0.25, -0.2) is 0 Å². The predicted molar refractivity (Wildman–Crippen MR) is 169 cm³/mol. The van der Waals surface area contributed by atoms with E-state index in [0.29, 0.717) is 29.9 Å². The van der Waals surface area contributed by atoms with Crippen LogP contribution in [0.3, 0.4) is 0 Å². The van der Waals surface area contributed by atoms with Gasteiger partial charge in [0.1, 0.15) is 12.1 Å². The number of rotatable bonds is 6. The first-order valence-corrected chi connectivity index (χ1v) is 14.3. The third kappa shape index (κ3) is 4.30. The van der Waals surface area contributed by atoms with Crippen LogP contribution in [0.2, 0.25) is 0 Å². The molecule has 1 heterocycles. The number of benzene rings is 5. The van der Waals surface area contributed by atoms with Crippen molar-refractivity contribution in [3.63, 3.8) is 0 Å². The van der Waals surface area contributed by atoms with Gasteiger partial charge in [0.15, 0.2) is 0 Å². The number of nitriles is 2. The van der Waals surface area contributed by atoms with Gasteiger partial charge in [-0.15, -0.1) is 11.3 Å². The van der Waals surface area contributed by atoms with Crippen LogP contribution < -0.4 is 4.90 Å². The minimum atomic E-state index is 0.541. The van der Waals surface area contributed by atoms with Crippen molar-refractivity contribution in [2.24, 2.45) is 0 Å². The van der Waals surface area contributed by atoms with Gasteiger partial charge in [-0.05, 0) is 60.4 Å². The van der Waals surface area contributed by atoms with E-state index in [-0.39, 0.29) is 0 Å². The molecule has 0 N–H and O–H groups in total. The summed E-state index contributed by atoms with van der Waals surface area (Å²) in [6, 6.07) is 40.5. The van der Waals surface area contributed by atoms with E-state index in [2.05, 4.69) is 97.6 Å². The number of anilines is 1. The highest BCUT2D eigenvalue weighted by Crippen LogP contribution is 2.41. The summed E-state index contributed by atoms with van der Waals surface area (Å²) in [5.74, 6) is 0. The Bertz CT molecular complexity index is 1930. The maximum atomic E-state index is 10.4. The highest BCUT2D eigenvalue weighted by atomic mass is 32.1. The van der Waals surface area contributed by atoms with Gasteiger partial charge in [-0.3, -0.25) is 0 Å². The Kier molecular flexibility index (Phi) is 6.79. The Morgan fingerprint density at radius 1 is 0.575 bits per heavy atom. The molecule has 0 aliphatic heterocycles. The summed E-state index contributed by atoms with van der Waals surface area (Å²) in [5.41, 5.74) is 7.69. The number of hydrogen-bond acceptors (Lipinski definition) is 4. The fourth-order valence-corrected chi connectivity index (χ4v) is 6.66. The van der Waals surface area contributed by atoms with Gasteiger partial charge in [0.05, 0.1) is 16.8 Å². The first-order valence-electron chi connectivity index (χ1n) is 13.5. The molecule has 0 aliphatic carbocycles. The van der Waals surface area contributed by atoms with Gasteiger partial charge in [0.2, 0.25) is 0 Å². The average molecular weight is 534 g/mol. The van der Waals surface area contributed by atoms with Crippen molar-refractivity contribution in [1.29, 1.82) is 10.5 Å². The fraction of sp³-hybridized carbons (Fsp3) is 0.111. The standard InChI is InChI=1S/C36H27N3S/c1-3-39(4-2)36-32(22-37)29(25-10-6-5-7-11-25)21-30(33(36)23-38)26-16-14-24(15-17-26)27-18-19-35-31(20-27)28-12-8-9-13-34(28)40-35/h5-21H,3-4H2,1-2H3. The van der Waals surface area contributed by atoms with Crippen LogP contribution in [0.1, 0.15) is 25.0 Å². The van der Waals surface area contributed by atoms with Gasteiger partial charge in [-0.1, -0.05) is 78.9 Å². The number of thiophene rings is 1. The smallest absolute Gasteiger partial charge is 0.102 e. The summed E-state index contributed by atoms with van der Waals surface area (Å²) in [7, 11) is 0. The lowest BCUT2D eigenvalue weighted by Crippen LogP contribution is -2.24. The molecule has 0 fully saturated rings. The molecule has 6 rings (SSSR count). The molecule has 4 heteroatoms. The quantitative estimate of drug-likeness (QED) is 0.214. The van der Waals surface area contributed by atoms with Crippen molar-refractivity contribution in [1.82, 2.24) is 0 Å². The lowest BCUT2D eigenvalue weighted by molar-refractivity contribution is 0.863. The second kappa shape index (κ2) is 10.7. The summed E-state index contributed by atoms with van der Waals surface area (Å²) in [6.45, 7) is 5.53. The molecule has 0 unspecified atom stereocenters. The fourth-order valence-electron chi connectivity index (χ4n) is 5.57. The molecule has 6 aromatic rings.